The maximum absolute atomic E-state index is 13.7. The first kappa shape index (κ1) is 16.8. The van der Waals surface area contributed by atoms with Gasteiger partial charge in [-0.3, -0.25) is 0 Å². The summed E-state index contributed by atoms with van der Waals surface area (Å²) in [6, 6.07) is 13.7. The fourth-order valence-corrected chi connectivity index (χ4v) is 2.16. The highest BCUT2D eigenvalue weighted by Gasteiger charge is 2.14. The van der Waals surface area contributed by atoms with Crippen LogP contribution in [0.1, 0.15) is 11.7 Å². The van der Waals surface area contributed by atoms with E-state index in [1.54, 1.807) is 18.2 Å². The molecule has 0 aliphatic heterocycles. The van der Waals surface area contributed by atoms with E-state index in [1.165, 1.54) is 12.3 Å². The molecule has 0 aliphatic carbocycles. The van der Waals surface area contributed by atoms with Gasteiger partial charge in [0.05, 0.1) is 6.10 Å². The smallest absolute Gasteiger partial charge is 0.226 e. The van der Waals surface area contributed by atoms with Crippen molar-refractivity contribution in [3.63, 3.8) is 0 Å². The van der Waals surface area contributed by atoms with Crippen LogP contribution in [0.3, 0.4) is 0 Å². The van der Waals surface area contributed by atoms with Gasteiger partial charge in [0.15, 0.2) is 0 Å². The zero-order chi connectivity index (χ0) is 17.6. The van der Waals surface area contributed by atoms with Gasteiger partial charge in [-0.2, -0.15) is 4.98 Å². The van der Waals surface area contributed by atoms with Crippen LogP contribution in [0.2, 0.25) is 0 Å². The summed E-state index contributed by atoms with van der Waals surface area (Å²) in [6.07, 6.45) is 0.321. The zero-order valence-corrected chi connectivity index (χ0v) is 13.1. The molecule has 0 unspecified atom stereocenters. The molecule has 7 heteroatoms. The number of hydrogen-bond acceptors (Lipinski definition) is 5. The van der Waals surface area contributed by atoms with Crippen molar-refractivity contribution in [2.75, 3.05) is 11.9 Å². The van der Waals surface area contributed by atoms with Crippen LogP contribution in [0.25, 0.3) is 0 Å². The molecule has 3 aromatic rings. The predicted octanol–water partition coefficient (Wildman–Crippen LogP) is 3.69. The van der Waals surface area contributed by atoms with Gasteiger partial charge in [0.25, 0.3) is 0 Å². The van der Waals surface area contributed by atoms with Crippen molar-refractivity contribution in [2.45, 2.75) is 6.10 Å². The van der Waals surface area contributed by atoms with E-state index in [2.05, 4.69) is 15.3 Å². The molecule has 0 radical (unpaired) electrons. The lowest BCUT2D eigenvalue weighted by Gasteiger charge is -2.13. The first-order valence-electron chi connectivity index (χ1n) is 7.54. The third-order valence-electron chi connectivity index (χ3n) is 3.37. The number of rotatable bonds is 6. The van der Waals surface area contributed by atoms with Gasteiger partial charge >= 0.3 is 0 Å². The Bertz CT molecular complexity index is 847. The Morgan fingerprint density at radius 3 is 2.64 bits per heavy atom. The number of aliphatic hydroxyl groups excluding tert-OH is 1. The van der Waals surface area contributed by atoms with Crippen LogP contribution in [-0.2, 0) is 0 Å². The van der Waals surface area contributed by atoms with Crippen molar-refractivity contribution in [1.29, 1.82) is 0 Å². The largest absolute Gasteiger partial charge is 0.439 e. The van der Waals surface area contributed by atoms with Gasteiger partial charge in [-0.05, 0) is 18.2 Å². The van der Waals surface area contributed by atoms with E-state index in [0.717, 1.165) is 12.1 Å². The van der Waals surface area contributed by atoms with Crippen LogP contribution in [0.5, 0.6) is 11.6 Å². The third-order valence-corrected chi connectivity index (χ3v) is 3.37. The maximum atomic E-state index is 13.7. The molecule has 0 spiro atoms. The normalized spacial score (nSPS) is 11.8. The maximum Gasteiger partial charge on any atom is 0.226 e. The molecule has 0 bridgehead atoms. The second-order valence-corrected chi connectivity index (χ2v) is 5.20. The number of benzene rings is 2. The molecule has 1 atom stereocenters. The van der Waals surface area contributed by atoms with Gasteiger partial charge in [-0.25, -0.2) is 13.8 Å². The molecule has 1 heterocycles. The fraction of sp³-hybridized carbons (Fsp3) is 0.111. The SMILES string of the molecule is O[C@@H](CNc1nccc(Oc2ccccc2)n1)c1ccc(F)cc1F. The number of anilines is 1. The van der Waals surface area contributed by atoms with Crippen molar-refractivity contribution >= 4 is 5.95 Å². The molecular weight excluding hydrogens is 328 g/mol. The van der Waals surface area contributed by atoms with Crippen LogP contribution in [0, 0.1) is 11.6 Å². The molecule has 0 aliphatic rings. The number of para-hydroxylation sites is 1. The number of halogens is 2. The van der Waals surface area contributed by atoms with Crippen molar-refractivity contribution < 1.29 is 18.6 Å². The molecule has 0 fully saturated rings. The summed E-state index contributed by atoms with van der Waals surface area (Å²) in [5.74, 6) is -0.339. The molecule has 2 aromatic carbocycles. The predicted molar refractivity (Wildman–Crippen MR) is 88.4 cm³/mol. The topological polar surface area (TPSA) is 67.3 Å². The molecule has 0 amide bonds. The molecule has 2 N–H and O–H groups in total. The lowest BCUT2D eigenvalue weighted by Crippen LogP contribution is -2.15. The van der Waals surface area contributed by atoms with Crippen molar-refractivity contribution in [3.05, 3.63) is 78.0 Å². The Kier molecular flexibility index (Phi) is 5.15. The molecule has 128 valence electrons. The summed E-state index contributed by atoms with van der Waals surface area (Å²) < 4.78 is 32.2. The number of hydrogen-bond donors (Lipinski definition) is 2. The summed E-state index contributed by atoms with van der Waals surface area (Å²) in [7, 11) is 0. The lowest BCUT2D eigenvalue weighted by atomic mass is 10.1. The highest BCUT2D eigenvalue weighted by Crippen LogP contribution is 2.21. The Labute approximate surface area is 143 Å². The number of aromatic nitrogens is 2. The Balaban J connectivity index is 1.64. The zero-order valence-electron chi connectivity index (χ0n) is 13.1. The van der Waals surface area contributed by atoms with E-state index < -0.39 is 17.7 Å². The Morgan fingerprint density at radius 1 is 1.08 bits per heavy atom. The van der Waals surface area contributed by atoms with E-state index in [1.807, 2.05) is 18.2 Å². The van der Waals surface area contributed by atoms with Crippen molar-refractivity contribution in [2.24, 2.45) is 0 Å². The van der Waals surface area contributed by atoms with Gasteiger partial charge in [-0.15, -0.1) is 0 Å². The number of aliphatic hydroxyl groups is 1. The first-order valence-corrected chi connectivity index (χ1v) is 7.54. The molecular formula is C18H15F2N3O2. The average molecular weight is 343 g/mol. The highest BCUT2D eigenvalue weighted by molar-refractivity contribution is 5.32. The summed E-state index contributed by atoms with van der Waals surface area (Å²) in [5.41, 5.74) is -0.00871. The Hall–Kier alpha value is -3.06. The lowest BCUT2D eigenvalue weighted by molar-refractivity contribution is 0.186. The first-order chi connectivity index (χ1) is 12.1. The van der Waals surface area contributed by atoms with Crippen molar-refractivity contribution in [1.82, 2.24) is 9.97 Å². The summed E-state index contributed by atoms with van der Waals surface area (Å²) in [5, 5.41) is 12.8. The minimum Gasteiger partial charge on any atom is -0.439 e. The highest BCUT2D eigenvalue weighted by atomic mass is 19.1. The number of nitrogens with one attached hydrogen (secondary N) is 1. The van der Waals surface area contributed by atoms with Gasteiger partial charge in [0.2, 0.25) is 11.8 Å². The van der Waals surface area contributed by atoms with Gasteiger partial charge in [0.1, 0.15) is 17.4 Å². The van der Waals surface area contributed by atoms with Crippen molar-refractivity contribution in [3.8, 4) is 11.6 Å². The molecule has 25 heavy (non-hydrogen) atoms. The standard InChI is InChI=1S/C18H15F2N3O2/c19-12-6-7-14(15(20)10-12)16(24)11-22-18-21-9-8-17(23-18)25-13-4-2-1-3-5-13/h1-10,16,24H,11H2,(H,21,22,23)/t16-/m0/s1. The quantitative estimate of drug-likeness (QED) is 0.714. The van der Waals surface area contributed by atoms with E-state index in [4.69, 9.17) is 4.74 Å². The average Bonchev–Trinajstić information content (AvgIpc) is 2.61. The summed E-state index contributed by atoms with van der Waals surface area (Å²) >= 11 is 0. The number of nitrogens with zero attached hydrogens (tertiary/aromatic N) is 2. The van der Waals surface area contributed by atoms with E-state index in [-0.39, 0.29) is 18.1 Å². The monoisotopic (exact) mass is 343 g/mol. The van der Waals surface area contributed by atoms with Crippen LogP contribution in [0.15, 0.2) is 60.8 Å². The fourth-order valence-electron chi connectivity index (χ4n) is 2.16. The molecule has 5 nitrogen and oxygen atoms in total. The van der Waals surface area contributed by atoms with Gasteiger partial charge in [-0.1, -0.05) is 24.3 Å². The molecule has 1 aromatic heterocycles. The van der Waals surface area contributed by atoms with Gasteiger partial charge in [0, 0.05) is 30.4 Å². The molecule has 3 rings (SSSR count). The summed E-state index contributed by atoms with van der Waals surface area (Å²) in [6.45, 7) is -0.0443. The van der Waals surface area contributed by atoms with Crippen LogP contribution >= 0.6 is 0 Å². The van der Waals surface area contributed by atoms with E-state index in [0.29, 0.717) is 11.6 Å². The summed E-state index contributed by atoms with van der Waals surface area (Å²) in [4.78, 5) is 8.18. The van der Waals surface area contributed by atoms with Crippen LogP contribution in [0.4, 0.5) is 14.7 Å². The second-order valence-electron chi connectivity index (χ2n) is 5.20. The van der Waals surface area contributed by atoms with Crippen LogP contribution < -0.4 is 10.1 Å². The van der Waals surface area contributed by atoms with E-state index >= 15 is 0 Å². The minimum atomic E-state index is -1.18. The van der Waals surface area contributed by atoms with Crippen LogP contribution in [-0.4, -0.2) is 21.6 Å². The van der Waals surface area contributed by atoms with E-state index in [9.17, 15) is 13.9 Å². The van der Waals surface area contributed by atoms with Gasteiger partial charge < -0.3 is 15.2 Å². The Morgan fingerprint density at radius 2 is 1.88 bits per heavy atom. The third kappa shape index (κ3) is 4.48. The molecule has 0 saturated carbocycles. The minimum absolute atomic E-state index is 0.00871. The number of ether oxygens (including phenoxy) is 1. The molecule has 0 saturated heterocycles. The second kappa shape index (κ2) is 7.67.